The molecule has 0 unspecified atom stereocenters. The van der Waals surface area contributed by atoms with Crippen LogP contribution >= 0.6 is 23.2 Å². The topological polar surface area (TPSA) is 12.9 Å². The van der Waals surface area contributed by atoms with Crippen molar-refractivity contribution in [1.29, 1.82) is 0 Å². The van der Waals surface area contributed by atoms with Crippen molar-refractivity contribution in [3.05, 3.63) is 40.5 Å². The number of nitrogens with zero attached hydrogens (tertiary/aromatic N) is 1. The fourth-order valence-corrected chi connectivity index (χ4v) is 1.47. The van der Waals surface area contributed by atoms with Gasteiger partial charge in [0.25, 0.3) is 0 Å². The average Bonchev–Trinajstić information content (AvgIpc) is 2.04. The van der Waals surface area contributed by atoms with Crippen molar-refractivity contribution < 1.29 is 0 Å². The highest BCUT2D eigenvalue weighted by Gasteiger charge is 1.98. The lowest BCUT2D eigenvalue weighted by Gasteiger charge is -1.98. The van der Waals surface area contributed by atoms with E-state index in [0.29, 0.717) is 10.0 Å². The van der Waals surface area contributed by atoms with E-state index in [1.807, 2.05) is 6.07 Å². The lowest BCUT2D eigenvalue weighted by molar-refractivity contribution is 1.41. The van der Waals surface area contributed by atoms with Crippen molar-refractivity contribution in [2.45, 2.75) is 0 Å². The largest absolute Gasteiger partial charge is 0.256 e. The molecule has 0 aliphatic carbocycles. The fraction of sp³-hybridized carbons (Fsp3) is 0. The van der Waals surface area contributed by atoms with E-state index in [2.05, 4.69) is 4.98 Å². The van der Waals surface area contributed by atoms with Crippen molar-refractivity contribution in [3.63, 3.8) is 0 Å². The van der Waals surface area contributed by atoms with E-state index in [1.165, 1.54) is 0 Å². The Bertz CT molecular complexity index is 426. The SMILES string of the molecule is Clc1ccc2c(Cl)cc[15n]c2c1. The zero-order valence-corrected chi connectivity index (χ0v) is 7.60. The lowest BCUT2D eigenvalue weighted by Crippen LogP contribution is -1.78. The third-order valence-corrected chi connectivity index (χ3v) is 2.22. The van der Waals surface area contributed by atoms with Crippen LogP contribution in [0.15, 0.2) is 30.5 Å². The summed E-state index contributed by atoms with van der Waals surface area (Å²) in [6.45, 7) is 0. The molecule has 0 N–H and O–H groups in total. The third kappa shape index (κ3) is 1.26. The molecule has 2 aromatic rings. The number of hydrogen-bond acceptors (Lipinski definition) is 1. The first-order valence-corrected chi connectivity index (χ1v) is 4.23. The number of halogens is 2. The molecule has 0 atom stereocenters. The second kappa shape index (κ2) is 2.92. The number of fused-ring (bicyclic) bond motifs is 1. The average molecular weight is 199 g/mol. The van der Waals surface area contributed by atoms with E-state index in [0.717, 1.165) is 10.9 Å². The van der Waals surface area contributed by atoms with Crippen LogP contribution in [0.1, 0.15) is 0 Å². The van der Waals surface area contributed by atoms with Crippen LogP contribution in [0.3, 0.4) is 0 Å². The van der Waals surface area contributed by atoms with Crippen molar-refractivity contribution in [2.75, 3.05) is 0 Å². The first-order chi connectivity index (χ1) is 5.77. The standard InChI is InChI=1S/C9H5Cl2N/c10-6-1-2-7-8(11)3-4-12-9(7)5-6/h1-5H/i12+1. The minimum Gasteiger partial charge on any atom is -0.256 e. The Morgan fingerprint density at radius 2 is 1.92 bits per heavy atom. The van der Waals surface area contributed by atoms with E-state index < -0.39 is 0 Å². The highest BCUT2D eigenvalue weighted by molar-refractivity contribution is 6.36. The molecule has 60 valence electrons. The van der Waals surface area contributed by atoms with Crippen LogP contribution in [0.5, 0.6) is 0 Å². The number of benzene rings is 1. The van der Waals surface area contributed by atoms with Gasteiger partial charge in [0, 0.05) is 16.6 Å². The van der Waals surface area contributed by atoms with E-state index >= 15 is 0 Å². The Morgan fingerprint density at radius 3 is 2.75 bits per heavy atom. The van der Waals surface area contributed by atoms with Crippen LogP contribution in [0.2, 0.25) is 10.0 Å². The Labute approximate surface area is 79.9 Å². The van der Waals surface area contributed by atoms with Gasteiger partial charge in [-0.15, -0.1) is 0 Å². The van der Waals surface area contributed by atoms with Gasteiger partial charge in [0.15, 0.2) is 0 Å². The van der Waals surface area contributed by atoms with Crippen LogP contribution in [0.4, 0.5) is 0 Å². The molecule has 0 amide bonds. The van der Waals surface area contributed by atoms with Crippen LogP contribution in [0, 0.1) is 0 Å². The van der Waals surface area contributed by atoms with Crippen molar-refractivity contribution in [1.82, 2.24) is 4.98 Å². The van der Waals surface area contributed by atoms with Crippen LogP contribution in [-0.4, -0.2) is 4.98 Å². The lowest BCUT2D eigenvalue weighted by atomic mass is 10.2. The number of pyridine rings is 1. The van der Waals surface area contributed by atoms with Gasteiger partial charge in [-0.2, -0.15) is 0 Å². The molecule has 0 fully saturated rings. The smallest absolute Gasteiger partial charge is 0.0731 e. The summed E-state index contributed by atoms with van der Waals surface area (Å²) in [4.78, 5) is 4.13. The van der Waals surface area contributed by atoms with E-state index in [9.17, 15) is 0 Å². The predicted octanol–water partition coefficient (Wildman–Crippen LogP) is 3.54. The third-order valence-electron chi connectivity index (χ3n) is 1.65. The maximum Gasteiger partial charge on any atom is 0.0731 e. The highest BCUT2D eigenvalue weighted by atomic mass is 35.5. The molecule has 2 rings (SSSR count). The van der Waals surface area contributed by atoms with Gasteiger partial charge >= 0.3 is 0 Å². The molecule has 0 radical (unpaired) electrons. The molecule has 0 spiro atoms. The molecule has 0 saturated heterocycles. The first kappa shape index (κ1) is 7.84. The maximum atomic E-state index is 5.93. The number of aromatic nitrogens is 1. The van der Waals surface area contributed by atoms with Gasteiger partial charge in [-0.1, -0.05) is 23.2 Å². The molecule has 0 bridgehead atoms. The van der Waals surface area contributed by atoms with E-state index in [-0.39, 0.29) is 0 Å². The van der Waals surface area contributed by atoms with E-state index in [4.69, 9.17) is 23.2 Å². The van der Waals surface area contributed by atoms with Crippen LogP contribution in [0.25, 0.3) is 10.9 Å². The second-order valence-corrected chi connectivity index (χ2v) is 3.30. The summed E-state index contributed by atoms with van der Waals surface area (Å²) >= 11 is 11.7. The summed E-state index contributed by atoms with van der Waals surface area (Å²) < 4.78 is 0. The molecule has 1 heterocycles. The summed E-state index contributed by atoms with van der Waals surface area (Å²) in [6.07, 6.45) is 1.67. The molecule has 3 heteroatoms. The second-order valence-electron chi connectivity index (χ2n) is 2.45. The Morgan fingerprint density at radius 1 is 1.08 bits per heavy atom. The quantitative estimate of drug-likeness (QED) is 0.632. The van der Waals surface area contributed by atoms with Crippen molar-refractivity contribution in [3.8, 4) is 0 Å². The van der Waals surface area contributed by atoms with Gasteiger partial charge in [0.05, 0.1) is 10.5 Å². The summed E-state index contributed by atoms with van der Waals surface area (Å²) in [6, 6.07) is 7.23. The molecule has 1 aromatic heterocycles. The number of rotatable bonds is 0. The fourth-order valence-electron chi connectivity index (χ4n) is 1.09. The molecule has 0 aliphatic rings. The van der Waals surface area contributed by atoms with Gasteiger partial charge in [0.1, 0.15) is 0 Å². The first-order valence-electron chi connectivity index (χ1n) is 3.47. The van der Waals surface area contributed by atoms with Crippen LogP contribution < -0.4 is 0 Å². The molecular formula is C9H5Cl2N. The Balaban J connectivity index is 2.86. The van der Waals surface area contributed by atoms with Crippen LogP contribution in [-0.2, 0) is 0 Å². The normalized spacial score (nSPS) is 10.5. The minimum absolute atomic E-state index is 0.678. The van der Waals surface area contributed by atoms with Gasteiger partial charge in [-0.25, -0.2) is 0 Å². The summed E-state index contributed by atoms with van der Waals surface area (Å²) in [5.74, 6) is 0. The van der Waals surface area contributed by atoms with Crippen molar-refractivity contribution >= 4 is 34.1 Å². The molecule has 12 heavy (non-hydrogen) atoms. The Hall–Kier alpha value is -0.790. The van der Waals surface area contributed by atoms with Gasteiger partial charge in [-0.05, 0) is 24.3 Å². The molecule has 1 aromatic carbocycles. The predicted molar refractivity (Wildman–Crippen MR) is 51.8 cm³/mol. The number of hydrogen-bond donors (Lipinski definition) is 0. The Kier molecular flexibility index (Phi) is 1.91. The highest BCUT2D eigenvalue weighted by Crippen LogP contribution is 2.23. The van der Waals surface area contributed by atoms with Gasteiger partial charge < -0.3 is 0 Å². The monoisotopic (exact) mass is 198 g/mol. The molecule has 0 saturated carbocycles. The zero-order chi connectivity index (χ0) is 8.55. The van der Waals surface area contributed by atoms with E-state index in [1.54, 1.807) is 24.4 Å². The maximum absolute atomic E-state index is 5.93. The van der Waals surface area contributed by atoms with Gasteiger partial charge in [0.2, 0.25) is 0 Å². The minimum atomic E-state index is 0.678. The molecule has 0 aliphatic heterocycles. The van der Waals surface area contributed by atoms with Gasteiger partial charge in [-0.3, -0.25) is 4.98 Å². The molecule has 1 nitrogen and oxygen atoms in total. The summed E-state index contributed by atoms with van der Waals surface area (Å²) in [7, 11) is 0. The summed E-state index contributed by atoms with van der Waals surface area (Å²) in [5.41, 5.74) is 0.829. The zero-order valence-electron chi connectivity index (χ0n) is 6.09. The summed E-state index contributed by atoms with van der Waals surface area (Å²) in [5, 5.41) is 2.32. The van der Waals surface area contributed by atoms with Crippen molar-refractivity contribution in [2.24, 2.45) is 0 Å². The molecular weight excluding hydrogens is 194 g/mol.